The van der Waals surface area contributed by atoms with Gasteiger partial charge in [-0.25, -0.2) is 78.1 Å². The van der Waals surface area contributed by atoms with Crippen molar-refractivity contribution in [2.75, 3.05) is 74.0 Å². The summed E-state index contributed by atoms with van der Waals surface area (Å²) in [6.45, 7) is -1.81. The fourth-order valence-corrected chi connectivity index (χ4v) is 22.4. The average Bonchev–Trinajstić information content (AvgIpc) is 1.59. The molecular weight excluding hydrogens is 2060 g/mol. The number of nitrogens with zero attached hydrogens (tertiary/aromatic N) is 21. The molecule has 6 bridgehead atoms. The van der Waals surface area contributed by atoms with Crippen molar-refractivity contribution in [3.63, 3.8) is 0 Å². The SMILES string of the molecule is CC1(O)C2COP(=O)(O)OC3C(COP(=O)(O)OC1C(n1cnc4c(=O)[nH]c(N)nc41)O2)OC(n1cnc2c(N)ncnc21)C3O.CC1(O)C2COP(=O)(O)OC3C(COP(=O)([O-])OC1C(n1cnc4c(=O)[nH]c(N)nc41)O2)OC(n1cnc2c(N)ncnc21)C3O.CC1(O)C2COP(=O)(O)OC3C(COP(=O)([O-])OC1C(n1cnc4c(=O)[nH]c(N)nc41)O2)OC(n1cnc2c(N)ncnc21)C3O.N.N.[H-].[H-].[Na+].[Na+]. The van der Waals surface area contributed by atoms with Crippen molar-refractivity contribution in [3.8, 4) is 0 Å². The quantitative estimate of drug-likeness (QED) is 0.0543. The number of nitrogens with one attached hydrogen (secondary N) is 3. The second kappa shape index (κ2) is 39.7. The van der Waals surface area contributed by atoms with E-state index in [1.165, 1.54) is 32.7 Å². The van der Waals surface area contributed by atoms with Gasteiger partial charge in [0, 0.05) is 0 Å². The monoisotopic (exact) mass is 2140 g/mol. The van der Waals surface area contributed by atoms with E-state index in [-0.39, 0.29) is 177 Å². The molecule has 0 spiro atoms. The number of fused-ring (bicyclic) bond motifs is 15. The molecule has 71 nitrogen and oxygen atoms in total. The Morgan fingerprint density at radius 1 is 0.352 bits per heavy atom. The Bertz CT molecular complexity index is 6650. The van der Waals surface area contributed by atoms with E-state index in [1.54, 1.807) is 0 Å². The van der Waals surface area contributed by atoms with Crippen molar-refractivity contribution in [2.24, 2.45) is 0 Å². The van der Waals surface area contributed by atoms with Gasteiger partial charge in [0.15, 0.2) is 105 Å². The maximum Gasteiger partial charge on any atom is 1.00 e. The topological polar surface area (TPSA) is 1060 Å². The molecule has 9 aliphatic heterocycles. The molecular formula is C63H84N32Na2O39P6-2. The zero-order valence-electron chi connectivity index (χ0n) is 75.3. The molecule has 12 aromatic heterocycles. The number of aromatic amines is 3. The summed E-state index contributed by atoms with van der Waals surface area (Å²) in [5.41, 5.74) is 25.5. The summed E-state index contributed by atoms with van der Waals surface area (Å²) in [6, 6.07) is 0. The van der Waals surface area contributed by atoms with Crippen LogP contribution >= 0.6 is 46.9 Å². The van der Waals surface area contributed by atoms with Crippen LogP contribution in [0.15, 0.2) is 71.3 Å². The van der Waals surface area contributed by atoms with E-state index in [2.05, 4.69) is 89.7 Å². The van der Waals surface area contributed by atoms with Crippen LogP contribution in [0.5, 0.6) is 0 Å². The van der Waals surface area contributed by atoms with E-state index in [0.29, 0.717) is 0 Å². The number of ether oxygens (including phenoxy) is 6. The molecule has 9 fully saturated rings. The van der Waals surface area contributed by atoms with Crippen molar-refractivity contribution in [3.05, 3.63) is 88.0 Å². The van der Waals surface area contributed by atoms with E-state index in [9.17, 15) is 102 Å². The molecule has 21 heterocycles. The molecule has 30 atom stereocenters. The molecule has 79 heteroatoms. The molecule has 0 saturated carbocycles. The Hall–Kier alpha value is -8.40. The summed E-state index contributed by atoms with van der Waals surface area (Å²) >= 11 is 0. The molecule has 9 saturated heterocycles. The molecule has 0 radical (unpaired) electrons. The molecule has 31 N–H and O–H groups in total. The summed E-state index contributed by atoms with van der Waals surface area (Å²) in [4.78, 5) is 173. The van der Waals surface area contributed by atoms with Crippen molar-refractivity contribution >= 4 is 149 Å². The predicted molar refractivity (Wildman–Crippen MR) is 452 cm³/mol. The first-order valence-corrected chi connectivity index (χ1v) is 48.9. The zero-order valence-corrected chi connectivity index (χ0v) is 82.7. The van der Waals surface area contributed by atoms with Gasteiger partial charge in [-0.15, -0.1) is 0 Å². The smallest absolute Gasteiger partial charge is 1.00 e. The van der Waals surface area contributed by atoms with Gasteiger partial charge in [-0.3, -0.25) is 102 Å². The average molecular weight is 2150 g/mol. The maximum absolute atomic E-state index is 13.3. The van der Waals surface area contributed by atoms with E-state index in [4.69, 9.17) is 117 Å². The van der Waals surface area contributed by atoms with Crippen LogP contribution in [-0.4, -0.2) is 315 Å². The van der Waals surface area contributed by atoms with Crippen LogP contribution in [0.25, 0.3) is 67.0 Å². The Morgan fingerprint density at radius 3 is 0.873 bits per heavy atom. The first-order valence-electron chi connectivity index (χ1n) is 40.0. The number of imidazole rings is 6. The number of hydrogen-bond donors (Lipinski definition) is 21. The molecule has 0 amide bonds. The number of rotatable bonds is 6. The number of aromatic nitrogens is 24. The second-order valence-corrected chi connectivity index (χ2v) is 40.6. The summed E-state index contributed by atoms with van der Waals surface area (Å²) < 4.78 is 184. The molecule has 0 aromatic carbocycles. The minimum atomic E-state index is -5.41. The Morgan fingerprint density at radius 2 is 0.592 bits per heavy atom. The summed E-state index contributed by atoms with van der Waals surface area (Å²) in [5, 5.41) is 67.8. The number of aliphatic hydroxyl groups is 6. The van der Waals surface area contributed by atoms with Crippen molar-refractivity contribution < 1.29 is 232 Å². The number of nitrogen functional groups attached to an aromatic ring is 6. The van der Waals surface area contributed by atoms with Gasteiger partial charge in [0.2, 0.25) is 17.8 Å². The number of phosphoric acid groups is 6. The number of nitrogens with two attached hydrogens (primary N) is 6. The van der Waals surface area contributed by atoms with Crippen molar-refractivity contribution in [2.45, 2.75) is 167 Å². The normalized spacial score (nSPS) is 37.7. The van der Waals surface area contributed by atoms with Crippen LogP contribution < -0.4 is 132 Å². The molecule has 0 aliphatic carbocycles. The van der Waals surface area contributed by atoms with Gasteiger partial charge in [0.1, 0.15) is 144 Å². The third-order valence-electron chi connectivity index (χ3n) is 23.3. The fourth-order valence-electron chi connectivity index (χ4n) is 16.5. The van der Waals surface area contributed by atoms with Gasteiger partial charge >= 0.3 is 90.4 Å². The summed E-state index contributed by atoms with van der Waals surface area (Å²) in [7, 11) is -31.3. The molecule has 12 aromatic rings. The first-order chi connectivity index (χ1) is 64.9. The van der Waals surface area contributed by atoms with Crippen molar-refractivity contribution in [1.82, 2.24) is 129 Å². The summed E-state index contributed by atoms with van der Waals surface area (Å²) in [5.74, 6) is -0.805. The molecule has 764 valence electrons. The van der Waals surface area contributed by atoms with Crippen LogP contribution in [0.4, 0.5) is 35.3 Å². The zero-order chi connectivity index (χ0) is 98.3. The van der Waals surface area contributed by atoms with Gasteiger partial charge in [-0.1, -0.05) is 0 Å². The van der Waals surface area contributed by atoms with Gasteiger partial charge in [0.05, 0.1) is 77.6 Å². The largest absolute Gasteiger partial charge is 1.00 e. The second-order valence-electron chi connectivity index (χ2n) is 32.3. The minimum absolute atomic E-state index is 0. The number of hydrogen-bond acceptors (Lipinski definition) is 58. The van der Waals surface area contributed by atoms with Gasteiger partial charge in [0.25, 0.3) is 32.3 Å². The van der Waals surface area contributed by atoms with Crippen LogP contribution in [0, 0.1) is 0 Å². The first kappa shape index (κ1) is 108. The molecule has 21 rings (SSSR count). The summed E-state index contributed by atoms with van der Waals surface area (Å²) in [6.07, 6.45) is -23.4. The van der Waals surface area contributed by atoms with E-state index >= 15 is 0 Å². The number of phosphoric ester groups is 6. The number of anilines is 6. The predicted octanol–water partition coefficient (Wildman–Crippen LogP) is -12.6. The van der Waals surface area contributed by atoms with Crippen LogP contribution in [0.2, 0.25) is 0 Å². The Kier molecular flexibility index (Phi) is 30.1. The third kappa shape index (κ3) is 20.2. The van der Waals surface area contributed by atoms with Crippen LogP contribution in [0.1, 0.15) is 61.0 Å². The van der Waals surface area contributed by atoms with Crippen molar-refractivity contribution in [1.29, 1.82) is 0 Å². The Labute approximate surface area is 834 Å². The number of H-pyrrole nitrogens is 3. The van der Waals surface area contributed by atoms with Gasteiger partial charge < -0.3 is 156 Å². The van der Waals surface area contributed by atoms with Crippen LogP contribution in [-0.2, 0) is 110 Å². The Balaban J connectivity index is 0.000000177. The molecule has 9 aliphatic rings. The van der Waals surface area contributed by atoms with Gasteiger partial charge in [-0.05, 0) is 20.8 Å². The van der Waals surface area contributed by atoms with E-state index in [1.807, 2.05) is 0 Å². The number of aliphatic hydroxyl groups excluding tert-OH is 3. The van der Waals surface area contributed by atoms with E-state index in [0.717, 1.165) is 72.4 Å². The van der Waals surface area contributed by atoms with Crippen LogP contribution in [0.3, 0.4) is 0 Å². The molecule has 30 unspecified atom stereocenters. The third-order valence-corrected chi connectivity index (χ3v) is 29.1. The minimum Gasteiger partial charge on any atom is -1.00 e. The molecule has 142 heavy (non-hydrogen) atoms. The fraction of sp³-hybridized carbons (Fsp3) is 0.524. The standard InChI is InChI=1S/3C21H26N10O13P2.2H3N.2Na.2H/c3*1-21(34)8-3-40-45(35,36)43-12-7(41-18(11(12)32)30-5-26-9-14(22)24-4-25-15(9)30)2-39-46(37,38)44-13(21)19(42-8)31-6-27-10-16(31)28-20(23)29-17(10)33;;;;;;/h3*4-8,11-13,18-19,32,34H,2-3H2,1H3,(H,35,36)(H,37,38)(H2,22,24,25)(H3,23,28,29,33);2*1H3;;;;/q;;;;;2*+1;2*-1/p-2. The maximum atomic E-state index is 13.3. The van der Waals surface area contributed by atoms with Gasteiger partial charge in [-0.2, -0.15) is 15.0 Å². The van der Waals surface area contributed by atoms with E-state index < -0.39 is 249 Å².